The van der Waals surface area contributed by atoms with E-state index in [-0.39, 0.29) is 12.2 Å². The molecule has 0 saturated heterocycles. The average molecular weight is 320 g/mol. The molecular weight excluding hydrogens is 309 g/mol. The predicted octanol–water partition coefficient (Wildman–Crippen LogP) is 3.98. The lowest BCUT2D eigenvalue weighted by Gasteiger charge is -2.11. The summed E-state index contributed by atoms with van der Waals surface area (Å²) in [5.41, 5.74) is 8.68. The van der Waals surface area contributed by atoms with E-state index in [0.29, 0.717) is 10.2 Å². The number of rotatable bonds is 3. The molecule has 0 aliphatic rings. The van der Waals surface area contributed by atoms with Crippen molar-refractivity contribution in [2.75, 3.05) is 11.1 Å². The second-order valence-electron chi connectivity index (χ2n) is 4.00. The van der Waals surface area contributed by atoms with Gasteiger partial charge >= 0.3 is 0 Å². The van der Waals surface area contributed by atoms with Gasteiger partial charge in [-0.25, -0.2) is 4.39 Å². The quantitative estimate of drug-likeness (QED) is 0.841. The van der Waals surface area contributed by atoms with Crippen molar-refractivity contribution in [3.8, 4) is 6.07 Å². The summed E-state index contributed by atoms with van der Waals surface area (Å²) in [6.45, 7) is 0. The molecule has 2 aromatic rings. The molecule has 0 unspecified atom stereocenters. The molecule has 0 aromatic heterocycles. The van der Waals surface area contributed by atoms with Crippen molar-refractivity contribution in [2.45, 2.75) is 6.42 Å². The lowest BCUT2D eigenvalue weighted by molar-refractivity contribution is 0.627. The van der Waals surface area contributed by atoms with E-state index in [4.69, 9.17) is 11.0 Å². The van der Waals surface area contributed by atoms with Crippen LogP contribution in [0.25, 0.3) is 0 Å². The topological polar surface area (TPSA) is 61.8 Å². The first kappa shape index (κ1) is 13.4. The number of nitrogens with two attached hydrogens (primary N) is 1. The summed E-state index contributed by atoms with van der Waals surface area (Å²) in [6.07, 6.45) is 0.256. The molecule has 0 bridgehead atoms. The van der Waals surface area contributed by atoms with Crippen molar-refractivity contribution < 1.29 is 4.39 Å². The Kier molecular flexibility index (Phi) is 4.03. The third-order valence-electron chi connectivity index (χ3n) is 2.62. The molecule has 0 atom stereocenters. The van der Waals surface area contributed by atoms with E-state index in [1.54, 1.807) is 12.1 Å². The zero-order valence-corrected chi connectivity index (χ0v) is 11.5. The van der Waals surface area contributed by atoms with Gasteiger partial charge in [0.05, 0.1) is 18.2 Å². The van der Waals surface area contributed by atoms with Crippen LogP contribution in [-0.2, 0) is 6.42 Å². The highest BCUT2D eigenvalue weighted by molar-refractivity contribution is 9.10. The number of hydrogen-bond donors (Lipinski definition) is 2. The maximum atomic E-state index is 13.0. The molecule has 2 aromatic carbocycles. The van der Waals surface area contributed by atoms with Gasteiger partial charge in [-0.1, -0.05) is 0 Å². The second-order valence-corrected chi connectivity index (χ2v) is 4.85. The van der Waals surface area contributed by atoms with Crippen LogP contribution in [0, 0.1) is 17.1 Å². The molecule has 3 N–H and O–H groups in total. The van der Waals surface area contributed by atoms with Crippen LogP contribution in [0.3, 0.4) is 0 Å². The molecular formula is C14H11BrFN3. The Balaban J connectivity index is 2.28. The monoisotopic (exact) mass is 319 g/mol. The van der Waals surface area contributed by atoms with Gasteiger partial charge in [0.1, 0.15) is 5.82 Å². The number of halogens is 2. The van der Waals surface area contributed by atoms with Crippen molar-refractivity contribution >= 4 is 33.0 Å². The minimum Gasteiger partial charge on any atom is -0.398 e. The Bertz CT molecular complexity index is 650. The maximum Gasteiger partial charge on any atom is 0.124 e. The zero-order valence-electron chi connectivity index (χ0n) is 9.95. The van der Waals surface area contributed by atoms with Crippen LogP contribution in [0.4, 0.5) is 21.5 Å². The fraction of sp³-hybridized carbons (Fsp3) is 0.0714. The molecule has 2 rings (SSSR count). The molecule has 0 saturated carbocycles. The summed E-state index contributed by atoms with van der Waals surface area (Å²) in [6, 6.07) is 11.8. The molecule has 0 amide bonds. The Morgan fingerprint density at radius 3 is 2.74 bits per heavy atom. The fourth-order valence-electron chi connectivity index (χ4n) is 1.67. The number of benzene rings is 2. The zero-order chi connectivity index (χ0) is 13.8. The van der Waals surface area contributed by atoms with Crippen LogP contribution < -0.4 is 11.1 Å². The van der Waals surface area contributed by atoms with Gasteiger partial charge in [-0.15, -0.1) is 0 Å². The van der Waals surface area contributed by atoms with Crippen molar-refractivity contribution in [2.24, 2.45) is 0 Å². The first-order valence-corrected chi connectivity index (χ1v) is 6.37. The van der Waals surface area contributed by atoms with Gasteiger partial charge in [0.25, 0.3) is 0 Å². The van der Waals surface area contributed by atoms with E-state index in [1.165, 1.54) is 12.1 Å². The minimum absolute atomic E-state index is 0.256. The van der Waals surface area contributed by atoms with Gasteiger partial charge in [-0.3, -0.25) is 0 Å². The van der Waals surface area contributed by atoms with Crippen molar-refractivity contribution in [1.29, 1.82) is 5.26 Å². The molecule has 0 fully saturated rings. The minimum atomic E-state index is -0.306. The van der Waals surface area contributed by atoms with Crippen LogP contribution in [-0.4, -0.2) is 0 Å². The largest absolute Gasteiger partial charge is 0.398 e. The Morgan fingerprint density at radius 1 is 1.26 bits per heavy atom. The molecule has 96 valence electrons. The van der Waals surface area contributed by atoms with Crippen molar-refractivity contribution in [1.82, 2.24) is 0 Å². The maximum absolute atomic E-state index is 13.0. The van der Waals surface area contributed by atoms with E-state index in [2.05, 4.69) is 27.3 Å². The number of nitrogens with one attached hydrogen (secondary N) is 1. The van der Waals surface area contributed by atoms with E-state index in [1.807, 2.05) is 12.1 Å². The summed E-state index contributed by atoms with van der Waals surface area (Å²) >= 11 is 3.29. The molecule has 0 spiro atoms. The number of nitrogens with zero attached hydrogens (tertiary/aromatic N) is 1. The van der Waals surface area contributed by atoms with Crippen LogP contribution >= 0.6 is 15.9 Å². The highest BCUT2D eigenvalue weighted by Crippen LogP contribution is 2.28. The highest BCUT2D eigenvalue weighted by atomic mass is 79.9. The normalized spacial score (nSPS) is 9.95. The lowest BCUT2D eigenvalue weighted by Crippen LogP contribution is -1.97. The van der Waals surface area contributed by atoms with E-state index in [9.17, 15) is 4.39 Å². The van der Waals surface area contributed by atoms with Crippen LogP contribution in [0.1, 0.15) is 5.56 Å². The van der Waals surface area contributed by atoms with Crippen LogP contribution in [0.5, 0.6) is 0 Å². The van der Waals surface area contributed by atoms with Gasteiger partial charge < -0.3 is 11.1 Å². The standard InChI is InChI=1S/C14H11BrFN3/c15-12-8-10(16)1-4-14(12)19-11-2-3-13(18)9(7-11)5-6-17/h1-4,7-8,19H,5,18H2. The lowest BCUT2D eigenvalue weighted by atomic mass is 10.1. The molecule has 0 heterocycles. The second kappa shape index (κ2) is 5.72. The Morgan fingerprint density at radius 2 is 2.05 bits per heavy atom. The van der Waals surface area contributed by atoms with Gasteiger partial charge in [0.15, 0.2) is 0 Å². The molecule has 0 radical (unpaired) electrons. The molecule has 3 nitrogen and oxygen atoms in total. The van der Waals surface area contributed by atoms with Crippen LogP contribution in [0.2, 0.25) is 0 Å². The van der Waals surface area contributed by atoms with Gasteiger partial charge in [-0.2, -0.15) is 5.26 Å². The summed E-state index contributed by atoms with van der Waals surface area (Å²) in [7, 11) is 0. The van der Waals surface area contributed by atoms with Crippen LogP contribution in [0.15, 0.2) is 40.9 Å². The average Bonchev–Trinajstić information content (AvgIpc) is 2.37. The molecule has 0 aliphatic heterocycles. The Labute approximate surface area is 119 Å². The molecule has 0 aliphatic carbocycles. The number of hydrogen-bond acceptors (Lipinski definition) is 3. The summed E-state index contributed by atoms with van der Waals surface area (Å²) in [4.78, 5) is 0. The predicted molar refractivity (Wildman–Crippen MR) is 77.6 cm³/mol. The summed E-state index contributed by atoms with van der Waals surface area (Å²) < 4.78 is 13.6. The fourth-order valence-corrected chi connectivity index (χ4v) is 2.12. The molecule has 5 heteroatoms. The van der Waals surface area contributed by atoms with E-state index < -0.39 is 0 Å². The number of nitrogen functional groups attached to an aromatic ring is 1. The third kappa shape index (κ3) is 3.24. The molecule has 19 heavy (non-hydrogen) atoms. The van der Waals surface area contributed by atoms with E-state index >= 15 is 0 Å². The smallest absolute Gasteiger partial charge is 0.124 e. The highest BCUT2D eigenvalue weighted by Gasteiger charge is 2.04. The van der Waals surface area contributed by atoms with E-state index in [0.717, 1.165) is 16.9 Å². The first-order valence-electron chi connectivity index (χ1n) is 5.57. The van der Waals surface area contributed by atoms with Crippen molar-refractivity contribution in [3.63, 3.8) is 0 Å². The summed E-state index contributed by atoms with van der Waals surface area (Å²) in [5, 5.41) is 11.9. The number of anilines is 3. The third-order valence-corrected chi connectivity index (χ3v) is 3.28. The first-order chi connectivity index (χ1) is 9.10. The number of nitriles is 1. The Hall–Kier alpha value is -2.06. The SMILES string of the molecule is N#CCc1cc(Nc2ccc(F)cc2Br)ccc1N. The van der Waals surface area contributed by atoms with Gasteiger partial charge in [-0.05, 0) is 57.9 Å². The van der Waals surface area contributed by atoms with Gasteiger partial charge in [0.2, 0.25) is 0 Å². The van der Waals surface area contributed by atoms with Crippen molar-refractivity contribution in [3.05, 3.63) is 52.3 Å². The summed E-state index contributed by atoms with van der Waals surface area (Å²) in [5.74, 6) is -0.306. The van der Waals surface area contributed by atoms with Gasteiger partial charge in [0, 0.05) is 15.8 Å².